The number of hydrogen-bond acceptors (Lipinski definition) is 14. The van der Waals surface area contributed by atoms with E-state index in [9.17, 15) is 40.5 Å². The molecule has 0 amide bonds. The lowest BCUT2D eigenvalue weighted by molar-refractivity contribution is -0.394. The molecule has 0 atom stereocenters. The first-order valence-electron chi connectivity index (χ1n) is 11.5. The number of nitrogens with one attached hydrogen (secondary N) is 1. The zero-order valence-corrected chi connectivity index (χ0v) is 21.9. The van der Waals surface area contributed by atoms with Crippen molar-refractivity contribution in [1.82, 2.24) is 25.1 Å². The zero-order valence-electron chi connectivity index (χ0n) is 21.1. The molecule has 2 aliphatic rings. The van der Waals surface area contributed by atoms with E-state index < -0.39 is 31.1 Å². The van der Waals surface area contributed by atoms with Gasteiger partial charge in [0.2, 0.25) is 11.0 Å². The van der Waals surface area contributed by atoms with E-state index in [2.05, 4.69) is 32.1 Å². The second-order valence-electron chi connectivity index (χ2n) is 8.41. The number of anilines is 1. The topological polar surface area (TPSA) is 220 Å². The predicted molar refractivity (Wildman–Crippen MR) is 147 cm³/mol. The summed E-state index contributed by atoms with van der Waals surface area (Å²) < 4.78 is 0. The number of hydrogen-bond donors (Lipinski definition) is 1. The number of nitrogens with zero attached hydrogens (tertiary/aromatic N) is 9. The molecular weight excluding hydrogens is 556 g/mol. The third-order valence-electron chi connectivity index (χ3n) is 5.60. The summed E-state index contributed by atoms with van der Waals surface area (Å²) in [6.45, 7) is 7.52. The van der Waals surface area contributed by atoms with Gasteiger partial charge in [0.1, 0.15) is 12.4 Å². The summed E-state index contributed by atoms with van der Waals surface area (Å²) in [5, 5.41) is 45.0. The Bertz CT molecular complexity index is 1190. The van der Waals surface area contributed by atoms with Crippen molar-refractivity contribution >= 4 is 40.2 Å². The number of piperazine rings is 2. The second-order valence-corrected chi connectivity index (χ2v) is 8.77. The van der Waals surface area contributed by atoms with Crippen LogP contribution in [0.1, 0.15) is 7.43 Å². The van der Waals surface area contributed by atoms with Crippen molar-refractivity contribution < 1.29 is 19.7 Å². The number of pyridine rings is 2. The van der Waals surface area contributed by atoms with Gasteiger partial charge in [-0.15, -0.1) is 0 Å². The Kier molecular flexibility index (Phi) is 13.6. The Morgan fingerprint density at radius 2 is 1.18 bits per heavy atom. The van der Waals surface area contributed by atoms with Crippen molar-refractivity contribution in [2.24, 2.45) is 0 Å². The summed E-state index contributed by atoms with van der Waals surface area (Å²) in [5.41, 5.74) is -1.73. The summed E-state index contributed by atoms with van der Waals surface area (Å²) in [5.74, 6) is 0.198. The normalized spacial score (nSPS) is 15.3. The molecule has 18 nitrogen and oxygen atoms in total. The van der Waals surface area contributed by atoms with Gasteiger partial charge in [-0.1, -0.05) is 19.0 Å². The molecule has 0 bridgehead atoms. The number of rotatable bonds is 5. The van der Waals surface area contributed by atoms with Crippen molar-refractivity contribution in [3.05, 3.63) is 70.1 Å². The molecule has 2 aromatic rings. The Hall–Kier alpha value is -4.13. The summed E-state index contributed by atoms with van der Waals surface area (Å²) >= 11 is 5.32. The van der Waals surface area contributed by atoms with Crippen LogP contribution in [0.4, 0.5) is 28.6 Å². The molecule has 2 saturated heterocycles. The molecule has 2 aliphatic heterocycles. The minimum atomic E-state index is -0.831. The lowest BCUT2D eigenvalue weighted by Crippen LogP contribution is -2.45. The van der Waals surface area contributed by atoms with Gasteiger partial charge in [-0.3, -0.25) is 40.5 Å². The van der Waals surface area contributed by atoms with E-state index in [1.807, 2.05) is 7.05 Å². The molecule has 4 rings (SSSR count). The van der Waals surface area contributed by atoms with Crippen LogP contribution in [0.2, 0.25) is 5.15 Å². The highest BCUT2D eigenvalue weighted by Gasteiger charge is 2.27. The predicted octanol–water partition coefficient (Wildman–Crippen LogP) is 2.36. The maximum atomic E-state index is 11.0. The minimum Gasteiger partial charge on any atom is -0.348 e. The molecule has 0 aromatic carbocycles. The maximum Gasteiger partial charge on any atom is 0.318 e. The van der Waals surface area contributed by atoms with Gasteiger partial charge in [0.15, 0.2) is 0 Å². The van der Waals surface area contributed by atoms with Gasteiger partial charge in [0.05, 0.1) is 31.8 Å². The van der Waals surface area contributed by atoms with Crippen LogP contribution in [0.15, 0.2) is 24.5 Å². The second kappa shape index (κ2) is 16.1. The van der Waals surface area contributed by atoms with Gasteiger partial charge in [-0.05, 0) is 14.1 Å². The van der Waals surface area contributed by atoms with E-state index in [1.165, 1.54) is 13.1 Å². The molecule has 0 saturated carbocycles. The van der Waals surface area contributed by atoms with E-state index in [4.69, 9.17) is 11.6 Å². The third kappa shape index (κ3) is 10.2. The molecule has 1 N–H and O–H groups in total. The van der Waals surface area contributed by atoms with E-state index in [1.54, 1.807) is 4.90 Å². The molecule has 40 heavy (non-hydrogen) atoms. The fourth-order valence-electron chi connectivity index (χ4n) is 3.36. The SMILES string of the molecule is C.CN1CCN(c2ncc([N+](=O)[O-])cc2[N+](=O)[O-])CC1.CN1CCNCC1.O=[N+]([O-])c1cnc(Cl)c([N+](=O)[O-])c1. The highest BCUT2D eigenvalue weighted by Crippen LogP contribution is 2.30. The highest BCUT2D eigenvalue weighted by atomic mass is 35.5. The highest BCUT2D eigenvalue weighted by molar-refractivity contribution is 6.31. The van der Waals surface area contributed by atoms with Gasteiger partial charge in [-0.25, -0.2) is 9.97 Å². The van der Waals surface area contributed by atoms with Crippen LogP contribution in [0, 0.1) is 40.5 Å². The lowest BCUT2D eigenvalue weighted by Gasteiger charge is -2.32. The molecule has 0 aliphatic carbocycles. The first kappa shape index (κ1) is 33.9. The summed E-state index contributed by atoms with van der Waals surface area (Å²) in [4.78, 5) is 52.6. The maximum absolute atomic E-state index is 11.0. The molecule has 0 unspecified atom stereocenters. The molecule has 2 fully saturated rings. The molecule has 0 spiro atoms. The monoisotopic (exact) mass is 586 g/mol. The summed E-state index contributed by atoms with van der Waals surface area (Å²) in [6.07, 6.45) is 1.91. The molecule has 2 aromatic heterocycles. The van der Waals surface area contributed by atoms with Crippen LogP contribution in [-0.4, -0.2) is 106 Å². The van der Waals surface area contributed by atoms with Gasteiger partial charge < -0.3 is 20.0 Å². The minimum absolute atomic E-state index is 0. The van der Waals surface area contributed by atoms with Crippen LogP contribution in [0.25, 0.3) is 0 Å². The van der Waals surface area contributed by atoms with E-state index in [0.29, 0.717) is 13.1 Å². The third-order valence-corrected chi connectivity index (χ3v) is 5.89. The summed E-state index contributed by atoms with van der Waals surface area (Å²) in [6, 6.07) is 1.72. The largest absolute Gasteiger partial charge is 0.348 e. The first-order valence-corrected chi connectivity index (χ1v) is 11.8. The number of aromatic nitrogens is 2. The fraction of sp³-hybridized carbons (Fsp3) is 0.524. The quantitative estimate of drug-likeness (QED) is 0.302. The smallest absolute Gasteiger partial charge is 0.318 e. The summed E-state index contributed by atoms with van der Waals surface area (Å²) in [7, 11) is 4.12. The number of halogens is 1. The van der Waals surface area contributed by atoms with Crippen LogP contribution in [-0.2, 0) is 0 Å². The Balaban J connectivity index is 0.000000329. The zero-order chi connectivity index (χ0) is 29.1. The average Bonchev–Trinajstić information content (AvgIpc) is 2.90. The molecule has 220 valence electrons. The van der Waals surface area contributed by atoms with Gasteiger partial charge in [0.25, 0.3) is 11.4 Å². The number of likely N-dealkylation sites (N-methyl/N-ethyl adjacent to an activating group) is 2. The lowest BCUT2D eigenvalue weighted by atomic mass is 10.3. The van der Waals surface area contributed by atoms with E-state index in [-0.39, 0.29) is 29.8 Å². The fourth-order valence-corrected chi connectivity index (χ4v) is 3.53. The molecule has 19 heteroatoms. The van der Waals surface area contributed by atoms with Crippen molar-refractivity contribution in [3.63, 3.8) is 0 Å². The van der Waals surface area contributed by atoms with Gasteiger partial charge in [-0.2, -0.15) is 0 Å². The Labute approximate surface area is 234 Å². The Morgan fingerprint density at radius 1 is 0.725 bits per heavy atom. The van der Waals surface area contributed by atoms with E-state index in [0.717, 1.165) is 50.7 Å². The van der Waals surface area contributed by atoms with Crippen LogP contribution >= 0.6 is 11.6 Å². The average molecular weight is 587 g/mol. The van der Waals surface area contributed by atoms with Crippen molar-refractivity contribution in [1.29, 1.82) is 0 Å². The first-order chi connectivity index (χ1) is 18.4. The molecule has 4 heterocycles. The van der Waals surface area contributed by atoms with Crippen molar-refractivity contribution in [2.45, 2.75) is 7.43 Å². The van der Waals surface area contributed by atoms with Crippen LogP contribution in [0.5, 0.6) is 0 Å². The van der Waals surface area contributed by atoms with Crippen molar-refractivity contribution in [3.8, 4) is 0 Å². The standard InChI is InChI=1S/C10H13N5O4.C5H2ClN3O4.C5H12N2.CH4/c1-12-2-4-13(5-3-12)10-9(15(18)19)6-8(7-11-10)14(16)17;6-5-4(9(12)13)1-3(2-7-5)8(10)11;1-7-4-2-6-3-5-7;/h6-7H,2-5H2,1H3;1-2H;6H,2-5H2,1H3;1H4. The van der Waals surface area contributed by atoms with Gasteiger partial charge in [0, 0.05) is 52.4 Å². The van der Waals surface area contributed by atoms with Gasteiger partial charge >= 0.3 is 11.4 Å². The Morgan fingerprint density at radius 3 is 1.60 bits per heavy atom. The van der Waals surface area contributed by atoms with Crippen LogP contribution < -0.4 is 10.2 Å². The van der Waals surface area contributed by atoms with Crippen molar-refractivity contribution in [2.75, 3.05) is 71.4 Å². The molecule has 0 radical (unpaired) electrons. The molecular formula is C21H31ClN10O8. The van der Waals surface area contributed by atoms with Crippen LogP contribution in [0.3, 0.4) is 0 Å². The van der Waals surface area contributed by atoms with E-state index >= 15 is 0 Å². The number of nitro groups is 4.